The summed E-state index contributed by atoms with van der Waals surface area (Å²) in [4.78, 5) is 23.4. The molecule has 114 valence electrons. The molecule has 4 nitrogen and oxygen atoms in total. The van der Waals surface area contributed by atoms with Crippen LogP contribution >= 0.6 is 15.9 Å². The summed E-state index contributed by atoms with van der Waals surface area (Å²) in [6, 6.07) is 11.4. The molecule has 6 heteroatoms. The van der Waals surface area contributed by atoms with Gasteiger partial charge in [0.15, 0.2) is 0 Å². The Hall–Kier alpha value is -2.21. The molecule has 0 fully saturated rings. The minimum atomic E-state index is -1.18. The van der Waals surface area contributed by atoms with Gasteiger partial charge in [-0.3, -0.25) is 4.79 Å². The first kappa shape index (κ1) is 16.2. The number of carboxylic acid groups (broad SMARTS) is 1. The van der Waals surface area contributed by atoms with E-state index in [2.05, 4.69) is 21.2 Å². The predicted octanol–water partition coefficient (Wildman–Crippen LogP) is 3.01. The Morgan fingerprint density at radius 2 is 1.77 bits per heavy atom. The molecule has 0 radical (unpaired) electrons. The molecule has 0 bridgehead atoms. The standard InChI is InChI=1S/C16H13BrFNO3/c17-12-7-3-1-5-10(12)9-14(16(21)22)19-15(20)11-6-2-4-8-13(11)18/h1-8,14H,9H2,(H,19,20)(H,21,22)/t14-/m0/s1. The molecule has 0 aliphatic heterocycles. The maximum Gasteiger partial charge on any atom is 0.326 e. The summed E-state index contributed by atoms with van der Waals surface area (Å²) in [5.41, 5.74) is 0.560. The highest BCUT2D eigenvalue weighted by Gasteiger charge is 2.23. The molecule has 0 heterocycles. The topological polar surface area (TPSA) is 66.4 Å². The van der Waals surface area contributed by atoms with Crippen LogP contribution in [0.25, 0.3) is 0 Å². The predicted molar refractivity (Wildman–Crippen MR) is 83.1 cm³/mol. The molecule has 22 heavy (non-hydrogen) atoms. The van der Waals surface area contributed by atoms with Crippen molar-refractivity contribution in [3.63, 3.8) is 0 Å². The van der Waals surface area contributed by atoms with Crippen LogP contribution in [0.5, 0.6) is 0 Å². The van der Waals surface area contributed by atoms with Gasteiger partial charge in [0.1, 0.15) is 11.9 Å². The van der Waals surface area contributed by atoms with Crippen LogP contribution < -0.4 is 5.32 Å². The number of halogens is 2. The zero-order valence-electron chi connectivity index (χ0n) is 11.4. The van der Waals surface area contributed by atoms with E-state index >= 15 is 0 Å². The summed E-state index contributed by atoms with van der Waals surface area (Å²) in [6.45, 7) is 0. The summed E-state index contributed by atoms with van der Waals surface area (Å²) in [6.07, 6.45) is 0.0942. The van der Waals surface area contributed by atoms with E-state index in [0.717, 1.165) is 16.1 Å². The number of benzene rings is 2. The van der Waals surface area contributed by atoms with Crippen LogP contribution in [0.3, 0.4) is 0 Å². The Labute approximate surface area is 135 Å². The lowest BCUT2D eigenvalue weighted by atomic mass is 10.1. The van der Waals surface area contributed by atoms with Crippen LogP contribution in [0.4, 0.5) is 4.39 Å². The second-order valence-corrected chi connectivity index (χ2v) is 5.49. The third-order valence-corrected chi connectivity index (χ3v) is 3.88. The Balaban J connectivity index is 2.16. The molecular weight excluding hydrogens is 353 g/mol. The van der Waals surface area contributed by atoms with E-state index in [4.69, 9.17) is 0 Å². The van der Waals surface area contributed by atoms with Crippen molar-refractivity contribution in [2.75, 3.05) is 0 Å². The lowest BCUT2D eigenvalue weighted by molar-refractivity contribution is -0.139. The number of aliphatic carboxylic acids is 1. The van der Waals surface area contributed by atoms with E-state index in [1.807, 2.05) is 0 Å². The van der Waals surface area contributed by atoms with E-state index in [-0.39, 0.29) is 12.0 Å². The fraction of sp³-hybridized carbons (Fsp3) is 0.125. The smallest absolute Gasteiger partial charge is 0.326 e. The second kappa shape index (κ2) is 7.17. The van der Waals surface area contributed by atoms with E-state index in [0.29, 0.717) is 0 Å². The molecule has 0 aromatic heterocycles. The van der Waals surface area contributed by atoms with Crippen molar-refractivity contribution in [3.05, 3.63) is 69.9 Å². The lowest BCUT2D eigenvalue weighted by Gasteiger charge is -2.15. The molecule has 1 atom stereocenters. The van der Waals surface area contributed by atoms with Gasteiger partial charge in [0, 0.05) is 10.9 Å². The van der Waals surface area contributed by atoms with Gasteiger partial charge in [-0.1, -0.05) is 46.3 Å². The first-order valence-electron chi connectivity index (χ1n) is 6.50. The maximum atomic E-state index is 13.6. The molecule has 0 saturated heterocycles. The van der Waals surface area contributed by atoms with E-state index in [9.17, 15) is 19.1 Å². The summed E-state index contributed by atoms with van der Waals surface area (Å²) < 4.78 is 14.3. The Morgan fingerprint density at radius 1 is 1.14 bits per heavy atom. The van der Waals surface area contributed by atoms with Crippen LogP contribution in [-0.2, 0) is 11.2 Å². The average molecular weight is 366 g/mol. The quantitative estimate of drug-likeness (QED) is 0.855. The SMILES string of the molecule is O=C(N[C@@H](Cc1ccccc1Br)C(=O)O)c1ccccc1F. The van der Waals surface area contributed by atoms with Crippen molar-refractivity contribution >= 4 is 27.8 Å². The lowest BCUT2D eigenvalue weighted by Crippen LogP contribution is -2.42. The normalized spacial score (nSPS) is 11.7. The van der Waals surface area contributed by atoms with Crippen LogP contribution in [0, 0.1) is 5.82 Å². The van der Waals surface area contributed by atoms with Crippen molar-refractivity contribution in [3.8, 4) is 0 Å². The minimum Gasteiger partial charge on any atom is -0.480 e. The Morgan fingerprint density at radius 3 is 2.41 bits per heavy atom. The molecule has 0 aliphatic rings. The van der Waals surface area contributed by atoms with Gasteiger partial charge in [0.2, 0.25) is 0 Å². The molecule has 0 spiro atoms. The number of nitrogens with one attached hydrogen (secondary N) is 1. The van der Waals surface area contributed by atoms with Gasteiger partial charge in [-0.25, -0.2) is 9.18 Å². The van der Waals surface area contributed by atoms with Gasteiger partial charge < -0.3 is 10.4 Å². The molecule has 2 aromatic rings. The van der Waals surface area contributed by atoms with Crippen molar-refractivity contribution in [1.29, 1.82) is 0 Å². The summed E-state index contributed by atoms with van der Waals surface area (Å²) in [5.74, 6) is -2.62. The molecular formula is C16H13BrFNO3. The van der Waals surface area contributed by atoms with E-state index in [1.165, 1.54) is 18.2 Å². The highest BCUT2D eigenvalue weighted by molar-refractivity contribution is 9.10. The first-order valence-corrected chi connectivity index (χ1v) is 7.30. The maximum absolute atomic E-state index is 13.6. The fourth-order valence-electron chi connectivity index (χ4n) is 1.97. The van der Waals surface area contributed by atoms with Crippen molar-refractivity contribution in [2.45, 2.75) is 12.5 Å². The van der Waals surface area contributed by atoms with E-state index < -0.39 is 23.7 Å². The number of hydrogen-bond donors (Lipinski definition) is 2. The Kier molecular flexibility index (Phi) is 5.27. The zero-order chi connectivity index (χ0) is 16.1. The molecule has 2 N–H and O–H groups in total. The van der Waals surface area contributed by atoms with Crippen molar-refractivity contribution in [1.82, 2.24) is 5.32 Å². The number of hydrogen-bond acceptors (Lipinski definition) is 2. The second-order valence-electron chi connectivity index (χ2n) is 4.64. The van der Waals surface area contributed by atoms with Gasteiger partial charge >= 0.3 is 5.97 Å². The number of carboxylic acids is 1. The zero-order valence-corrected chi connectivity index (χ0v) is 13.0. The summed E-state index contributed by atoms with van der Waals surface area (Å²) in [5, 5.41) is 11.6. The van der Waals surface area contributed by atoms with Crippen molar-refractivity contribution < 1.29 is 19.1 Å². The number of rotatable bonds is 5. The van der Waals surface area contributed by atoms with Crippen LogP contribution in [0.15, 0.2) is 53.0 Å². The molecule has 1 amide bonds. The van der Waals surface area contributed by atoms with Gasteiger partial charge in [-0.2, -0.15) is 0 Å². The minimum absolute atomic E-state index is 0.0942. The first-order chi connectivity index (χ1) is 10.5. The third kappa shape index (κ3) is 3.92. The third-order valence-electron chi connectivity index (χ3n) is 3.10. The average Bonchev–Trinajstić information content (AvgIpc) is 2.49. The number of amides is 1. The molecule has 0 unspecified atom stereocenters. The summed E-state index contributed by atoms with van der Waals surface area (Å²) in [7, 11) is 0. The van der Waals surface area contributed by atoms with Crippen LogP contribution in [-0.4, -0.2) is 23.0 Å². The molecule has 2 rings (SSSR count). The van der Waals surface area contributed by atoms with Gasteiger partial charge in [-0.05, 0) is 23.8 Å². The van der Waals surface area contributed by atoms with Gasteiger partial charge in [-0.15, -0.1) is 0 Å². The number of carbonyl (C=O) groups is 2. The monoisotopic (exact) mass is 365 g/mol. The van der Waals surface area contributed by atoms with Gasteiger partial charge in [0.25, 0.3) is 5.91 Å². The molecule has 2 aromatic carbocycles. The van der Waals surface area contributed by atoms with Crippen molar-refractivity contribution in [2.24, 2.45) is 0 Å². The Bertz CT molecular complexity index is 705. The summed E-state index contributed by atoms with van der Waals surface area (Å²) >= 11 is 3.33. The largest absolute Gasteiger partial charge is 0.480 e. The van der Waals surface area contributed by atoms with Crippen LogP contribution in [0.1, 0.15) is 15.9 Å². The molecule has 0 saturated carbocycles. The van der Waals surface area contributed by atoms with Crippen LogP contribution in [0.2, 0.25) is 0 Å². The number of carbonyl (C=O) groups excluding carboxylic acids is 1. The fourth-order valence-corrected chi connectivity index (χ4v) is 2.41. The van der Waals surface area contributed by atoms with Gasteiger partial charge in [0.05, 0.1) is 5.56 Å². The highest BCUT2D eigenvalue weighted by atomic mass is 79.9. The molecule has 0 aliphatic carbocycles. The highest BCUT2D eigenvalue weighted by Crippen LogP contribution is 2.18. The van der Waals surface area contributed by atoms with E-state index in [1.54, 1.807) is 24.3 Å².